The third kappa shape index (κ3) is 3.22. The number of rotatable bonds is 3. The van der Waals surface area contributed by atoms with Crippen LogP contribution in [0, 0.1) is 5.92 Å². The molecule has 0 spiro atoms. The Morgan fingerprint density at radius 3 is 2.50 bits per heavy atom. The minimum atomic E-state index is -4.81. The molecule has 2 fully saturated rings. The fourth-order valence-electron chi connectivity index (χ4n) is 4.14. The van der Waals surface area contributed by atoms with Crippen LogP contribution in [0.3, 0.4) is 0 Å². The van der Waals surface area contributed by atoms with Gasteiger partial charge in [-0.05, 0) is 37.3 Å². The zero-order chi connectivity index (χ0) is 19.1. The van der Waals surface area contributed by atoms with Gasteiger partial charge in [0.15, 0.2) is 0 Å². The first kappa shape index (κ1) is 19.2. The van der Waals surface area contributed by atoms with Crippen LogP contribution >= 0.6 is 0 Å². The monoisotopic (exact) mass is 391 g/mol. The van der Waals surface area contributed by atoms with Crippen LogP contribution in [0.2, 0.25) is 0 Å². The SMILES string of the molecule is COC(=O)C1CC2CCCCC2N1S(=O)(=O)c1ccccc1C(F)(F)F. The number of alkyl halides is 3. The van der Waals surface area contributed by atoms with Gasteiger partial charge in [-0.2, -0.15) is 17.5 Å². The van der Waals surface area contributed by atoms with Gasteiger partial charge in [0.1, 0.15) is 6.04 Å². The number of sulfonamides is 1. The van der Waals surface area contributed by atoms with Crippen molar-refractivity contribution < 1.29 is 31.1 Å². The lowest BCUT2D eigenvalue weighted by molar-refractivity contribution is -0.144. The van der Waals surface area contributed by atoms with Crippen molar-refractivity contribution in [2.75, 3.05) is 7.11 Å². The largest absolute Gasteiger partial charge is 0.468 e. The summed E-state index contributed by atoms with van der Waals surface area (Å²) in [7, 11) is -3.36. The lowest BCUT2D eigenvalue weighted by Crippen LogP contribution is -2.46. The quantitative estimate of drug-likeness (QED) is 0.743. The van der Waals surface area contributed by atoms with Gasteiger partial charge in [0.25, 0.3) is 0 Å². The van der Waals surface area contributed by atoms with Crippen molar-refractivity contribution in [3.05, 3.63) is 29.8 Å². The van der Waals surface area contributed by atoms with Crippen LogP contribution in [0.15, 0.2) is 29.2 Å². The lowest BCUT2D eigenvalue weighted by Gasteiger charge is -2.32. The molecule has 0 radical (unpaired) electrons. The summed E-state index contributed by atoms with van der Waals surface area (Å²) < 4.78 is 72.2. The van der Waals surface area contributed by atoms with Crippen LogP contribution in [0.4, 0.5) is 13.2 Å². The van der Waals surface area contributed by atoms with E-state index in [1.807, 2.05) is 0 Å². The van der Waals surface area contributed by atoms with Crippen molar-refractivity contribution >= 4 is 16.0 Å². The van der Waals surface area contributed by atoms with E-state index < -0.39 is 44.7 Å². The molecule has 1 aliphatic heterocycles. The maximum absolute atomic E-state index is 13.3. The number of ether oxygens (including phenoxy) is 1. The first-order valence-electron chi connectivity index (χ1n) is 8.45. The Bertz CT molecular complexity index is 793. The first-order valence-corrected chi connectivity index (χ1v) is 9.89. The number of carbonyl (C=O) groups is 1. The minimum Gasteiger partial charge on any atom is -0.468 e. The number of benzene rings is 1. The zero-order valence-corrected chi connectivity index (χ0v) is 15.0. The molecule has 1 aromatic rings. The number of fused-ring (bicyclic) bond motifs is 1. The molecule has 5 nitrogen and oxygen atoms in total. The maximum atomic E-state index is 13.3. The summed E-state index contributed by atoms with van der Waals surface area (Å²) in [5.74, 6) is -0.770. The second-order valence-corrected chi connectivity index (χ2v) is 8.53. The molecule has 0 N–H and O–H groups in total. The molecule has 1 heterocycles. The maximum Gasteiger partial charge on any atom is 0.417 e. The van der Waals surface area contributed by atoms with Crippen LogP contribution < -0.4 is 0 Å². The highest BCUT2D eigenvalue weighted by atomic mass is 32.2. The van der Waals surface area contributed by atoms with Gasteiger partial charge in [-0.15, -0.1) is 0 Å². The van der Waals surface area contributed by atoms with Crippen LogP contribution in [0.5, 0.6) is 0 Å². The summed E-state index contributed by atoms with van der Waals surface area (Å²) in [6.45, 7) is 0. The molecule has 3 unspecified atom stereocenters. The summed E-state index contributed by atoms with van der Waals surface area (Å²) in [5.41, 5.74) is -1.22. The molecule has 1 aliphatic carbocycles. The van der Waals surface area contributed by atoms with Gasteiger partial charge in [-0.3, -0.25) is 4.79 Å². The summed E-state index contributed by atoms with van der Waals surface area (Å²) in [6.07, 6.45) is -1.54. The Kier molecular flexibility index (Phi) is 5.04. The molecule has 3 atom stereocenters. The molecule has 2 aliphatic rings. The van der Waals surface area contributed by atoms with Gasteiger partial charge in [0.05, 0.1) is 17.6 Å². The summed E-state index contributed by atoms with van der Waals surface area (Å²) >= 11 is 0. The number of hydrogen-bond donors (Lipinski definition) is 0. The van der Waals surface area contributed by atoms with E-state index in [1.54, 1.807) is 0 Å². The molecule has 1 saturated carbocycles. The number of carbonyl (C=O) groups excluding carboxylic acids is 1. The third-order valence-electron chi connectivity index (χ3n) is 5.25. The van der Waals surface area contributed by atoms with Gasteiger partial charge in [-0.25, -0.2) is 8.42 Å². The van der Waals surface area contributed by atoms with E-state index in [9.17, 15) is 26.4 Å². The second-order valence-electron chi connectivity index (χ2n) is 6.72. The Balaban J connectivity index is 2.11. The van der Waals surface area contributed by atoms with E-state index in [0.717, 1.165) is 48.9 Å². The highest BCUT2D eigenvalue weighted by Gasteiger charge is 2.52. The molecule has 26 heavy (non-hydrogen) atoms. The van der Waals surface area contributed by atoms with Crippen molar-refractivity contribution in [3.8, 4) is 0 Å². The van der Waals surface area contributed by atoms with Crippen LogP contribution in [0.25, 0.3) is 0 Å². The molecule has 144 valence electrons. The fourth-order valence-corrected chi connectivity index (χ4v) is 6.22. The zero-order valence-electron chi connectivity index (χ0n) is 14.2. The van der Waals surface area contributed by atoms with E-state index >= 15 is 0 Å². The fraction of sp³-hybridized carbons (Fsp3) is 0.588. The Morgan fingerprint density at radius 1 is 1.19 bits per heavy atom. The Hall–Kier alpha value is -1.61. The van der Waals surface area contributed by atoms with Gasteiger partial charge < -0.3 is 4.74 Å². The van der Waals surface area contributed by atoms with Crippen molar-refractivity contribution in [2.45, 2.75) is 55.3 Å². The van der Waals surface area contributed by atoms with E-state index in [2.05, 4.69) is 0 Å². The molecular formula is C17H20F3NO4S. The second kappa shape index (κ2) is 6.84. The molecule has 0 amide bonds. The molecule has 1 saturated heterocycles. The Morgan fingerprint density at radius 2 is 1.85 bits per heavy atom. The normalized spacial score (nSPS) is 27.2. The van der Waals surface area contributed by atoms with Gasteiger partial charge >= 0.3 is 12.1 Å². The average Bonchev–Trinajstić information content (AvgIpc) is 3.00. The van der Waals surface area contributed by atoms with E-state index in [4.69, 9.17) is 4.74 Å². The smallest absolute Gasteiger partial charge is 0.417 e. The number of methoxy groups -OCH3 is 1. The van der Waals surface area contributed by atoms with Crippen LogP contribution in [-0.4, -0.2) is 37.9 Å². The first-order chi connectivity index (χ1) is 12.2. The average molecular weight is 391 g/mol. The van der Waals surface area contributed by atoms with Crippen molar-refractivity contribution in [3.63, 3.8) is 0 Å². The van der Waals surface area contributed by atoms with Crippen LogP contribution in [0.1, 0.15) is 37.7 Å². The molecule has 0 aromatic heterocycles. The summed E-state index contributed by atoms with van der Waals surface area (Å²) in [5, 5.41) is 0. The van der Waals surface area contributed by atoms with E-state index in [0.29, 0.717) is 6.42 Å². The molecule has 9 heteroatoms. The summed E-state index contributed by atoms with van der Waals surface area (Å²) in [6, 6.07) is 2.53. The van der Waals surface area contributed by atoms with Gasteiger partial charge in [0.2, 0.25) is 10.0 Å². The van der Waals surface area contributed by atoms with E-state index in [1.165, 1.54) is 6.07 Å². The van der Waals surface area contributed by atoms with Crippen LogP contribution in [-0.2, 0) is 25.7 Å². The predicted octanol–water partition coefficient (Wildman–Crippen LogP) is 3.20. The lowest BCUT2D eigenvalue weighted by atomic mass is 9.85. The summed E-state index contributed by atoms with van der Waals surface area (Å²) in [4.78, 5) is 11.4. The highest BCUT2D eigenvalue weighted by Crippen LogP contribution is 2.44. The number of nitrogens with zero attached hydrogens (tertiary/aromatic N) is 1. The van der Waals surface area contributed by atoms with Crippen molar-refractivity contribution in [1.29, 1.82) is 0 Å². The molecule has 3 rings (SSSR count). The minimum absolute atomic E-state index is 0.0410. The van der Waals surface area contributed by atoms with Crippen molar-refractivity contribution in [1.82, 2.24) is 4.31 Å². The highest BCUT2D eigenvalue weighted by molar-refractivity contribution is 7.89. The van der Waals surface area contributed by atoms with E-state index in [-0.39, 0.29) is 12.3 Å². The predicted molar refractivity (Wildman–Crippen MR) is 86.6 cm³/mol. The standard InChI is InChI=1S/C17H20F3NO4S/c1-25-16(22)14-10-11-6-2-4-8-13(11)21(14)26(23,24)15-9-5-3-7-12(15)17(18,19)20/h3,5,7,9,11,13-14H,2,4,6,8,10H2,1H3. The van der Waals surface area contributed by atoms with Gasteiger partial charge in [-0.1, -0.05) is 25.0 Å². The molecule has 1 aromatic carbocycles. The third-order valence-corrected chi connectivity index (χ3v) is 7.24. The van der Waals surface area contributed by atoms with Gasteiger partial charge in [0, 0.05) is 6.04 Å². The Labute approximate surface area is 150 Å². The number of halogens is 3. The molecule has 0 bridgehead atoms. The topological polar surface area (TPSA) is 63.7 Å². The molecular weight excluding hydrogens is 371 g/mol. The van der Waals surface area contributed by atoms with Crippen molar-refractivity contribution in [2.24, 2.45) is 5.92 Å². The number of esters is 1. The number of hydrogen-bond acceptors (Lipinski definition) is 4.